The van der Waals surface area contributed by atoms with Crippen LogP contribution < -0.4 is 10.6 Å². The maximum atomic E-state index is 12.7. The van der Waals surface area contributed by atoms with Crippen LogP contribution in [0.2, 0.25) is 0 Å². The van der Waals surface area contributed by atoms with Crippen LogP contribution in [0.15, 0.2) is 24.3 Å². The number of nitrogens with two attached hydrogens (primary N) is 1. The van der Waals surface area contributed by atoms with Crippen molar-refractivity contribution < 1.29 is 4.79 Å². The van der Waals surface area contributed by atoms with E-state index in [0.29, 0.717) is 12.3 Å². The highest BCUT2D eigenvalue weighted by Crippen LogP contribution is 2.50. The van der Waals surface area contributed by atoms with Crippen molar-refractivity contribution in [3.8, 4) is 0 Å². The fourth-order valence-electron chi connectivity index (χ4n) is 4.24. The normalized spacial score (nSPS) is 18.0. The predicted octanol–water partition coefficient (Wildman–Crippen LogP) is 4.18. The molecule has 0 bridgehead atoms. The van der Waals surface area contributed by atoms with E-state index >= 15 is 0 Å². The Morgan fingerprint density at radius 3 is 2.52 bits per heavy atom. The number of carbonyl (C=O) groups excluding carboxylic acids is 1. The molecule has 23 heavy (non-hydrogen) atoms. The number of carbonyl (C=O) groups is 1. The van der Waals surface area contributed by atoms with Crippen molar-refractivity contribution in [1.29, 1.82) is 0 Å². The standard InChI is InChI=1S/C19H28N2O.ClH/c20-14-8-2-1-3-11-18(22)21-15-19(12-6-7-13-19)16-9-4-5-10-17(16)21;/h4-5,9-10H,1-3,6-8,11-15,20H2;1H. The van der Waals surface area contributed by atoms with Gasteiger partial charge in [-0.3, -0.25) is 4.79 Å². The highest BCUT2D eigenvalue weighted by atomic mass is 35.5. The van der Waals surface area contributed by atoms with Crippen molar-refractivity contribution in [3.05, 3.63) is 29.8 Å². The van der Waals surface area contributed by atoms with Gasteiger partial charge in [0.05, 0.1) is 0 Å². The Bertz CT molecular complexity index is 526. The minimum Gasteiger partial charge on any atom is -0.330 e. The summed E-state index contributed by atoms with van der Waals surface area (Å²) in [5, 5.41) is 0. The van der Waals surface area contributed by atoms with Crippen LogP contribution in [-0.4, -0.2) is 19.0 Å². The highest BCUT2D eigenvalue weighted by molar-refractivity contribution is 5.96. The molecule has 1 heterocycles. The summed E-state index contributed by atoms with van der Waals surface area (Å²) in [4.78, 5) is 14.8. The fraction of sp³-hybridized carbons (Fsp3) is 0.632. The summed E-state index contributed by atoms with van der Waals surface area (Å²) in [6, 6.07) is 8.57. The van der Waals surface area contributed by atoms with Crippen LogP contribution in [0.1, 0.15) is 63.4 Å². The van der Waals surface area contributed by atoms with Crippen molar-refractivity contribution in [2.24, 2.45) is 5.73 Å². The Morgan fingerprint density at radius 1 is 1.09 bits per heavy atom. The zero-order chi connectivity index (χ0) is 15.4. The fourth-order valence-corrected chi connectivity index (χ4v) is 4.24. The van der Waals surface area contributed by atoms with Gasteiger partial charge in [-0.1, -0.05) is 43.9 Å². The zero-order valence-electron chi connectivity index (χ0n) is 13.9. The number of fused-ring (bicyclic) bond motifs is 2. The number of benzene rings is 1. The largest absolute Gasteiger partial charge is 0.330 e. The number of nitrogens with zero attached hydrogens (tertiary/aromatic N) is 1. The van der Waals surface area contributed by atoms with Crippen LogP contribution >= 0.6 is 12.4 Å². The van der Waals surface area contributed by atoms with Gasteiger partial charge in [-0.15, -0.1) is 12.4 Å². The second kappa shape index (κ2) is 8.16. The Balaban J connectivity index is 0.00000192. The maximum Gasteiger partial charge on any atom is 0.227 e. The first-order valence-corrected chi connectivity index (χ1v) is 8.87. The number of halogens is 1. The molecule has 0 atom stereocenters. The molecule has 128 valence electrons. The van der Waals surface area contributed by atoms with Crippen molar-refractivity contribution in [2.75, 3.05) is 18.0 Å². The summed E-state index contributed by atoms with van der Waals surface area (Å²) in [5.41, 5.74) is 8.37. The molecule has 2 aliphatic rings. The molecule has 1 amide bonds. The van der Waals surface area contributed by atoms with E-state index in [0.717, 1.165) is 38.8 Å². The smallest absolute Gasteiger partial charge is 0.227 e. The van der Waals surface area contributed by atoms with E-state index in [9.17, 15) is 4.79 Å². The predicted molar refractivity (Wildman–Crippen MR) is 98.3 cm³/mol. The number of unbranched alkanes of at least 4 members (excludes halogenated alkanes) is 3. The summed E-state index contributed by atoms with van der Waals surface area (Å²) in [6.07, 6.45) is 10.1. The molecular formula is C19H29ClN2O. The van der Waals surface area contributed by atoms with Crippen molar-refractivity contribution >= 4 is 24.0 Å². The Kier molecular flexibility index (Phi) is 6.49. The quantitative estimate of drug-likeness (QED) is 0.792. The molecule has 1 fully saturated rings. The lowest BCUT2D eigenvalue weighted by Crippen LogP contribution is -2.35. The second-order valence-corrected chi connectivity index (χ2v) is 6.94. The third-order valence-electron chi connectivity index (χ3n) is 5.43. The van der Waals surface area contributed by atoms with E-state index in [1.807, 2.05) is 0 Å². The second-order valence-electron chi connectivity index (χ2n) is 6.94. The van der Waals surface area contributed by atoms with Crippen LogP contribution in [0.3, 0.4) is 0 Å². The lowest BCUT2D eigenvalue weighted by Gasteiger charge is -2.24. The Labute approximate surface area is 146 Å². The van der Waals surface area contributed by atoms with E-state index in [2.05, 4.69) is 29.2 Å². The van der Waals surface area contributed by atoms with E-state index < -0.39 is 0 Å². The average molecular weight is 337 g/mol. The monoisotopic (exact) mass is 336 g/mol. The molecule has 1 spiro atoms. The van der Waals surface area contributed by atoms with Crippen molar-refractivity contribution in [2.45, 2.75) is 63.2 Å². The third kappa shape index (κ3) is 3.72. The SMILES string of the molecule is Cl.NCCCCCCC(=O)N1CC2(CCCC2)c2ccccc21. The van der Waals surface area contributed by atoms with Crippen LogP contribution in [0.25, 0.3) is 0 Å². The van der Waals surface area contributed by atoms with Gasteiger partial charge in [0.1, 0.15) is 0 Å². The van der Waals surface area contributed by atoms with Gasteiger partial charge in [-0.2, -0.15) is 0 Å². The lowest BCUT2D eigenvalue weighted by molar-refractivity contribution is -0.118. The van der Waals surface area contributed by atoms with Gasteiger partial charge >= 0.3 is 0 Å². The van der Waals surface area contributed by atoms with Crippen LogP contribution in [0.5, 0.6) is 0 Å². The number of rotatable bonds is 6. The van der Waals surface area contributed by atoms with Gasteiger partial charge in [0.2, 0.25) is 5.91 Å². The first-order chi connectivity index (χ1) is 10.8. The van der Waals surface area contributed by atoms with Crippen molar-refractivity contribution in [1.82, 2.24) is 0 Å². The number of amides is 1. The number of hydrogen-bond acceptors (Lipinski definition) is 2. The molecule has 0 radical (unpaired) electrons. The molecule has 0 saturated heterocycles. The minimum atomic E-state index is 0. The van der Waals surface area contributed by atoms with E-state index in [4.69, 9.17) is 5.73 Å². The van der Waals surface area contributed by atoms with Crippen LogP contribution in [-0.2, 0) is 10.2 Å². The summed E-state index contributed by atoms with van der Waals surface area (Å²) in [6.45, 7) is 1.67. The topological polar surface area (TPSA) is 46.3 Å². The highest BCUT2D eigenvalue weighted by Gasteiger charge is 2.45. The molecule has 2 N–H and O–H groups in total. The Morgan fingerprint density at radius 2 is 1.78 bits per heavy atom. The molecule has 1 aliphatic heterocycles. The lowest BCUT2D eigenvalue weighted by atomic mass is 9.81. The van der Waals surface area contributed by atoms with E-state index in [1.54, 1.807) is 0 Å². The first kappa shape index (κ1) is 18.3. The van der Waals surface area contributed by atoms with E-state index in [1.165, 1.54) is 36.9 Å². The molecule has 3 rings (SSSR count). The van der Waals surface area contributed by atoms with Gasteiger partial charge in [-0.25, -0.2) is 0 Å². The first-order valence-electron chi connectivity index (χ1n) is 8.87. The minimum absolute atomic E-state index is 0. The number of anilines is 1. The van der Waals surface area contributed by atoms with Gasteiger partial charge < -0.3 is 10.6 Å². The Hall–Kier alpha value is -1.06. The average Bonchev–Trinajstić information content (AvgIpc) is 3.14. The molecule has 0 unspecified atom stereocenters. The van der Waals surface area contributed by atoms with Crippen molar-refractivity contribution in [3.63, 3.8) is 0 Å². The molecule has 1 saturated carbocycles. The van der Waals surface area contributed by atoms with Gasteiger partial charge in [0, 0.05) is 24.1 Å². The molecule has 4 heteroatoms. The summed E-state index contributed by atoms with van der Waals surface area (Å²) >= 11 is 0. The zero-order valence-corrected chi connectivity index (χ0v) is 14.7. The molecule has 1 aromatic carbocycles. The molecule has 1 aliphatic carbocycles. The molecule has 1 aromatic rings. The number of hydrogen-bond donors (Lipinski definition) is 1. The van der Waals surface area contributed by atoms with Gasteiger partial charge in [-0.05, 0) is 43.9 Å². The summed E-state index contributed by atoms with van der Waals surface area (Å²) in [5.74, 6) is 0.309. The third-order valence-corrected chi connectivity index (χ3v) is 5.43. The summed E-state index contributed by atoms with van der Waals surface area (Å²) in [7, 11) is 0. The maximum absolute atomic E-state index is 12.7. The molecule has 3 nitrogen and oxygen atoms in total. The molecule has 0 aromatic heterocycles. The van der Waals surface area contributed by atoms with Gasteiger partial charge in [0.25, 0.3) is 0 Å². The van der Waals surface area contributed by atoms with Crippen LogP contribution in [0, 0.1) is 0 Å². The van der Waals surface area contributed by atoms with Crippen LogP contribution in [0.4, 0.5) is 5.69 Å². The van der Waals surface area contributed by atoms with Gasteiger partial charge in [0.15, 0.2) is 0 Å². The summed E-state index contributed by atoms with van der Waals surface area (Å²) < 4.78 is 0. The number of para-hydroxylation sites is 1. The van der Waals surface area contributed by atoms with E-state index in [-0.39, 0.29) is 17.8 Å². The molecular weight excluding hydrogens is 308 g/mol.